The molecular formula is C23H26FN3O5. The number of hydrogen-bond acceptors (Lipinski definition) is 5. The van der Waals surface area contributed by atoms with Crippen LogP contribution in [-0.2, 0) is 14.3 Å². The predicted octanol–water partition coefficient (Wildman–Crippen LogP) is 2.26. The van der Waals surface area contributed by atoms with Crippen LogP contribution >= 0.6 is 0 Å². The maximum atomic E-state index is 13.7. The van der Waals surface area contributed by atoms with Gasteiger partial charge in [-0.1, -0.05) is 12.1 Å². The number of benzene rings is 2. The number of para-hydroxylation sites is 1. The van der Waals surface area contributed by atoms with E-state index in [1.807, 2.05) is 0 Å². The highest BCUT2D eigenvalue weighted by Gasteiger charge is 2.23. The molecule has 2 aromatic rings. The standard InChI is InChI=1S/C23H26FN3O5/c1-15(32-19-6-3-2-5-18(19)24)21(28)27-17-10-8-16(9-11-17)22(29)25-12-13-26-23(30)20-7-4-14-31-20/h2-3,5-6,8-11,15,20H,4,7,12-14H2,1H3,(H,25,29)(H,26,30)(H,27,28). The first-order valence-corrected chi connectivity index (χ1v) is 10.4. The van der Waals surface area contributed by atoms with Crippen molar-refractivity contribution in [2.45, 2.75) is 32.0 Å². The lowest BCUT2D eigenvalue weighted by Crippen LogP contribution is -2.39. The van der Waals surface area contributed by atoms with E-state index in [1.165, 1.54) is 25.1 Å². The number of nitrogens with one attached hydrogen (secondary N) is 3. The molecule has 0 spiro atoms. The quantitative estimate of drug-likeness (QED) is 0.516. The van der Waals surface area contributed by atoms with Crippen molar-refractivity contribution in [3.63, 3.8) is 0 Å². The second-order valence-electron chi connectivity index (χ2n) is 7.31. The monoisotopic (exact) mass is 443 g/mol. The molecule has 0 aliphatic carbocycles. The minimum atomic E-state index is -0.917. The number of rotatable bonds is 9. The number of anilines is 1. The van der Waals surface area contributed by atoms with Gasteiger partial charge in [0.05, 0.1) is 0 Å². The summed E-state index contributed by atoms with van der Waals surface area (Å²) in [5, 5.41) is 8.11. The highest BCUT2D eigenvalue weighted by molar-refractivity contribution is 5.96. The zero-order chi connectivity index (χ0) is 22.9. The van der Waals surface area contributed by atoms with Gasteiger partial charge in [0.25, 0.3) is 11.8 Å². The Morgan fingerprint density at radius 3 is 2.50 bits per heavy atom. The molecule has 0 radical (unpaired) electrons. The minimum Gasteiger partial charge on any atom is -0.478 e. The van der Waals surface area contributed by atoms with E-state index in [2.05, 4.69) is 16.0 Å². The fourth-order valence-corrected chi connectivity index (χ4v) is 3.10. The van der Waals surface area contributed by atoms with Gasteiger partial charge in [-0.3, -0.25) is 14.4 Å². The summed E-state index contributed by atoms with van der Waals surface area (Å²) >= 11 is 0. The zero-order valence-electron chi connectivity index (χ0n) is 17.7. The molecule has 3 rings (SSSR count). The highest BCUT2D eigenvalue weighted by atomic mass is 19.1. The lowest BCUT2D eigenvalue weighted by Gasteiger charge is -2.15. The van der Waals surface area contributed by atoms with Crippen LogP contribution in [0.1, 0.15) is 30.1 Å². The van der Waals surface area contributed by atoms with Crippen molar-refractivity contribution in [3.05, 3.63) is 59.9 Å². The van der Waals surface area contributed by atoms with Gasteiger partial charge in [0.2, 0.25) is 5.91 Å². The average molecular weight is 443 g/mol. The Balaban J connectivity index is 1.41. The van der Waals surface area contributed by atoms with Crippen molar-refractivity contribution in [2.24, 2.45) is 0 Å². The Morgan fingerprint density at radius 2 is 1.81 bits per heavy atom. The minimum absolute atomic E-state index is 0.00544. The van der Waals surface area contributed by atoms with E-state index in [0.717, 1.165) is 12.8 Å². The van der Waals surface area contributed by atoms with Gasteiger partial charge >= 0.3 is 0 Å². The summed E-state index contributed by atoms with van der Waals surface area (Å²) in [6.45, 7) is 2.70. The number of ether oxygens (including phenoxy) is 2. The number of hydrogen-bond donors (Lipinski definition) is 3. The third-order valence-electron chi connectivity index (χ3n) is 4.86. The fourth-order valence-electron chi connectivity index (χ4n) is 3.10. The number of halogens is 1. The van der Waals surface area contributed by atoms with Gasteiger partial charge in [0.1, 0.15) is 6.10 Å². The SMILES string of the molecule is CC(Oc1ccccc1F)C(=O)Nc1ccc(C(=O)NCCNC(=O)C2CCCO2)cc1. The van der Waals surface area contributed by atoms with Gasteiger partial charge in [-0.2, -0.15) is 0 Å². The van der Waals surface area contributed by atoms with Gasteiger partial charge in [0.15, 0.2) is 17.7 Å². The molecule has 2 unspecified atom stereocenters. The van der Waals surface area contributed by atoms with Crippen LogP contribution in [0, 0.1) is 5.82 Å². The van der Waals surface area contributed by atoms with E-state index >= 15 is 0 Å². The van der Waals surface area contributed by atoms with Crippen LogP contribution in [0.5, 0.6) is 5.75 Å². The van der Waals surface area contributed by atoms with Crippen LogP contribution in [-0.4, -0.2) is 49.6 Å². The van der Waals surface area contributed by atoms with Gasteiger partial charge in [0, 0.05) is 30.9 Å². The number of amides is 3. The Hall–Kier alpha value is -3.46. The van der Waals surface area contributed by atoms with E-state index in [0.29, 0.717) is 24.4 Å². The molecule has 2 aromatic carbocycles. The Bertz CT molecular complexity index is 945. The van der Waals surface area contributed by atoms with Crippen LogP contribution < -0.4 is 20.7 Å². The molecule has 1 fully saturated rings. The molecule has 3 amide bonds. The molecule has 9 heteroatoms. The maximum absolute atomic E-state index is 13.7. The van der Waals surface area contributed by atoms with Gasteiger partial charge < -0.3 is 25.4 Å². The molecule has 1 aliphatic rings. The maximum Gasteiger partial charge on any atom is 0.265 e. The average Bonchev–Trinajstić information content (AvgIpc) is 3.33. The van der Waals surface area contributed by atoms with E-state index in [4.69, 9.17) is 9.47 Å². The molecule has 2 atom stereocenters. The Kier molecular flexibility index (Phi) is 8.15. The van der Waals surface area contributed by atoms with E-state index < -0.39 is 23.9 Å². The molecular weight excluding hydrogens is 417 g/mol. The molecule has 0 aromatic heterocycles. The summed E-state index contributed by atoms with van der Waals surface area (Å²) in [4.78, 5) is 36.4. The van der Waals surface area contributed by atoms with Gasteiger partial charge in [-0.25, -0.2) is 4.39 Å². The predicted molar refractivity (Wildman–Crippen MR) is 116 cm³/mol. The zero-order valence-corrected chi connectivity index (χ0v) is 17.7. The molecule has 1 saturated heterocycles. The van der Waals surface area contributed by atoms with Crippen LogP contribution in [0.4, 0.5) is 10.1 Å². The summed E-state index contributed by atoms with van der Waals surface area (Å²) in [7, 11) is 0. The van der Waals surface area contributed by atoms with Crippen molar-refractivity contribution in [3.8, 4) is 5.75 Å². The van der Waals surface area contributed by atoms with E-state index in [9.17, 15) is 18.8 Å². The van der Waals surface area contributed by atoms with E-state index in [1.54, 1.807) is 30.3 Å². The summed E-state index contributed by atoms with van der Waals surface area (Å²) in [6.07, 6.45) is 0.283. The topological polar surface area (TPSA) is 106 Å². The summed E-state index contributed by atoms with van der Waals surface area (Å²) < 4.78 is 24.3. The first-order valence-electron chi connectivity index (χ1n) is 10.4. The van der Waals surface area contributed by atoms with Crippen molar-refractivity contribution in [1.82, 2.24) is 10.6 Å². The summed E-state index contributed by atoms with van der Waals surface area (Å²) in [5.74, 6) is -1.47. The second kappa shape index (κ2) is 11.2. The summed E-state index contributed by atoms with van der Waals surface area (Å²) in [5.41, 5.74) is 0.878. The normalized spacial score (nSPS) is 16.1. The lowest BCUT2D eigenvalue weighted by molar-refractivity contribution is -0.130. The van der Waals surface area contributed by atoms with Gasteiger partial charge in [-0.15, -0.1) is 0 Å². The third-order valence-corrected chi connectivity index (χ3v) is 4.86. The van der Waals surface area contributed by atoms with Gasteiger partial charge in [-0.05, 0) is 56.2 Å². The fraction of sp³-hybridized carbons (Fsp3) is 0.348. The largest absolute Gasteiger partial charge is 0.478 e. The molecule has 8 nitrogen and oxygen atoms in total. The van der Waals surface area contributed by atoms with Crippen molar-refractivity contribution < 1.29 is 28.2 Å². The molecule has 170 valence electrons. The first-order chi connectivity index (χ1) is 15.4. The Morgan fingerprint density at radius 1 is 1.09 bits per heavy atom. The van der Waals surface area contributed by atoms with Crippen molar-refractivity contribution in [1.29, 1.82) is 0 Å². The second-order valence-corrected chi connectivity index (χ2v) is 7.31. The Labute approximate surface area is 185 Å². The molecule has 1 aliphatic heterocycles. The molecule has 0 bridgehead atoms. The molecule has 1 heterocycles. The summed E-state index contributed by atoms with van der Waals surface area (Å²) in [6, 6.07) is 12.2. The first kappa shape index (κ1) is 23.2. The number of carbonyl (C=O) groups excluding carboxylic acids is 3. The number of carbonyl (C=O) groups is 3. The van der Waals surface area contributed by atoms with Crippen LogP contribution in [0.15, 0.2) is 48.5 Å². The lowest BCUT2D eigenvalue weighted by atomic mass is 10.2. The van der Waals surface area contributed by atoms with Crippen LogP contribution in [0.25, 0.3) is 0 Å². The third kappa shape index (κ3) is 6.52. The highest BCUT2D eigenvalue weighted by Crippen LogP contribution is 2.18. The van der Waals surface area contributed by atoms with Crippen LogP contribution in [0.2, 0.25) is 0 Å². The molecule has 32 heavy (non-hydrogen) atoms. The van der Waals surface area contributed by atoms with Crippen molar-refractivity contribution >= 4 is 23.4 Å². The van der Waals surface area contributed by atoms with Crippen molar-refractivity contribution in [2.75, 3.05) is 25.0 Å². The van der Waals surface area contributed by atoms with E-state index in [-0.39, 0.29) is 24.1 Å². The van der Waals surface area contributed by atoms with Crippen LogP contribution in [0.3, 0.4) is 0 Å². The smallest absolute Gasteiger partial charge is 0.265 e. The molecule has 3 N–H and O–H groups in total. The molecule has 0 saturated carbocycles.